The van der Waals surface area contributed by atoms with Crippen LogP contribution >= 0.6 is 43.9 Å². The molecule has 0 saturated carbocycles. The van der Waals surface area contributed by atoms with Crippen LogP contribution in [0, 0.1) is 6.54 Å². The van der Waals surface area contributed by atoms with Gasteiger partial charge in [0.1, 0.15) is 11.5 Å². The van der Waals surface area contributed by atoms with Crippen molar-refractivity contribution in [3.05, 3.63) is 82.3 Å². The van der Waals surface area contributed by atoms with Crippen molar-refractivity contribution in [2.75, 3.05) is 54.3 Å². The van der Waals surface area contributed by atoms with Gasteiger partial charge in [-0.15, -0.1) is 6.42 Å². The van der Waals surface area contributed by atoms with E-state index >= 15 is 0 Å². The van der Waals surface area contributed by atoms with Gasteiger partial charge in [0.2, 0.25) is 13.9 Å². The number of benzene rings is 3. The van der Waals surface area contributed by atoms with Crippen LogP contribution in [0.3, 0.4) is 0 Å². The molecule has 11 nitrogen and oxygen atoms in total. The quantitative estimate of drug-likeness (QED) is 0.0326. The smallest absolute Gasteiger partial charge is 0.245 e. The third kappa shape index (κ3) is 15.6. The van der Waals surface area contributed by atoms with Gasteiger partial charge >= 0.3 is 0 Å². The van der Waals surface area contributed by atoms with E-state index in [0.717, 1.165) is 35.1 Å². The van der Waals surface area contributed by atoms with Gasteiger partial charge in [-0.1, -0.05) is 53.0 Å². The van der Waals surface area contributed by atoms with E-state index < -0.39 is 30.8 Å². The minimum Gasteiger partial charge on any atom is -0.497 e. The van der Waals surface area contributed by atoms with Crippen molar-refractivity contribution in [2.45, 2.75) is 88.5 Å². The van der Waals surface area contributed by atoms with E-state index in [1.54, 1.807) is 27.9 Å². The molecule has 1 fully saturated rings. The second-order valence-electron chi connectivity index (χ2n) is 14.8. The van der Waals surface area contributed by atoms with Crippen LogP contribution in [0.2, 0.25) is 10.0 Å². The third-order valence-electron chi connectivity index (χ3n) is 9.45. The molecule has 1 amide bonds. The topological polar surface area (TPSA) is 122 Å². The second kappa shape index (κ2) is 24.0. The number of hydrogen-bond donors (Lipinski definition) is 1. The Balaban J connectivity index is 0.00000900. The maximum Gasteiger partial charge on any atom is 0.245 e. The van der Waals surface area contributed by atoms with Crippen molar-refractivity contribution in [3.8, 4) is 22.6 Å². The predicted molar refractivity (Wildman–Crippen MR) is 236 cm³/mol. The number of ether oxygens (including phenoxy) is 6. The van der Waals surface area contributed by atoms with Gasteiger partial charge in [-0.3, -0.25) is 4.79 Å². The second-order valence-corrected chi connectivity index (χ2v) is 19.9. The number of nitrogens with zero attached hydrogens (tertiary/aromatic N) is 1. The molecule has 1 unspecified atom stereocenters. The van der Waals surface area contributed by atoms with Crippen LogP contribution in [0.5, 0.6) is 11.5 Å². The zero-order valence-electron chi connectivity index (χ0n) is 34.2. The Kier molecular flexibility index (Phi) is 20.9. The molecular weight excluding hydrogens is 965 g/mol. The van der Waals surface area contributed by atoms with Crippen molar-refractivity contribution < 1.29 is 58.4 Å². The molecule has 1 N–H and O–H groups in total. The number of methoxy groups -OCH3 is 3. The monoisotopic (exact) mass is 1020 g/mol. The Labute approximate surface area is 375 Å². The fourth-order valence-corrected chi connectivity index (χ4v) is 10.7. The Morgan fingerprint density at radius 1 is 0.879 bits per heavy atom. The third-order valence-corrected chi connectivity index (χ3v) is 13.9. The summed E-state index contributed by atoms with van der Waals surface area (Å²) < 4.78 is 64.8. The van der Waals surface area contributed by atoms with Crippen molar-refractivity contribution in [3.63, 3.8) is 0 Å². The first-order valence-corrected chi connectivity index (χ1v) is 23.3. The van der Waals surface area contributed by atoms with Gasteiger partial charge in [-0.05, 0) is 120 Å². The average molecular weight is 1020 g/mol. The number of amides is 1. The molecule has 1 saturated heterocycles. The molecule has 1 radical (unpaired) electrons. The molecule has 58 heavy (non-hydrogen) atoms. The fraction of sp³-hybridized carbons (Fsp3) is 0.500. The first kappa shape index (κ1) is 50.5. The number of sulfonamides is 1. The summed E-state index contributed by atoms with van der Waals surface area (Å²) in [7, 11) is 1.15. The van der Waals surface area contributed by atoms with Gasteiger partial charge < -0.3 is 33.7 Å². The normalized spacial score (nSPS) is 15.2. The molecule has 4 rings (SSSR count). The molecule has 1 aliphatic heterocycles. The van der Waals surface area contributed by atoms with Crippen LogP contribution < -0.4 is 14.8 Å². The molecule has 16 heteroatoms. The standard InChI is InChI=1S/C42H56Cl2IN2O9S.Co/c1-41(2,15-19-51-5)55-20-16-42(3,4)56-22-21-54-29-31-23-37(52-6)39(38(24-31)53-7)32-12-10-30(11-13-32)14-17-46-40(48)45-28-35-9-8-18-47(35)57(49,50)36-26-33(43)25-34(44)27-36;/h10-13,17,23-28,35H,8-9,14-16,18-22,29H2,1-7H3,(H,46,48);/q-1;. The van der Waals surface area contributed by atoms with Gasteiger partial charge in [-0.25, -0.2) is 15.0 Å². The Morgan fingerprint density at radius 3 is 2.09 bits per heavy atom. The van der Waals surface area contributed by atoms with Crippen LogP contribution in [0.4, 0.5) is 4.79 Å². The molecule has 1 atom stereocenters. The number of rotatable bonds is 23. The van der Waals surface area contributed by atoms with Gasteiger partial charge in [0.15, 0.2) is 0 Å². The van der Waals surface area contributed by atoms with E-state index in [-0.39, 0.29) is 52.9 Å². The summed E-state index contributed by atoms with van der Waals surface area (Å²) in [6.45, 7) is 12.9. The summed E-state index contributed by atoms with van der Waals surface area (Å²) in [6, 6.07) is 15.8. The van der Waals surface area contributed by atoms with E-state index in [4.69, 9.17) is 51.6 Å². The number of nitrogens with one attached hydrogen (secondary N) is 1. The molecule has 1 heterocycles. The molecule has 3 aromatic rings. The molecular formula is C42H56Cl2CoIN2O9S-. The van der Waals surface area contributed by atoms with Crippen molar-refractivity contribution in [2.24, 2.45) is 0 Å². The molecule has 1 aliphatic rings. The van der Waals surface area contributed by atoms with Crippen LogP contribution in [0.25, 0.3) is 11.1 Å². The summed E-state index contributed by atoms with van der Waals surface area (Å²) in [5, 5.41) is 3.38. The van der Waals surface area contributed by atoms with Gasteiger partial charge in [0.05, 0.1) is 62.3 Å². The van der Waals surface area contributed by atoms with E-state index in [1.807, 2.05) is 40.4 Å². The molecule has 3 aromatic carbocycles. The van der Waals surface area contributed by atoms with Crippen LogP contribution in [-0.2, 0) is 58.8 Å². The molecule has 0 aromatic heterocycles. The number of hydrogen-bond acceptors (Lipinski definition) is 9. The summed E-state index contributed by atoms with van der Waals surface area (Å²) in [4.78, 5) is 12.8. The molecule has 0 bridgehead atoms. The van der Waals surface area contributed by atoms with Crippen molar-refractivity contribution in [1.29, 1.82) is 0 Å². The summed E-state index contributed by atoms with van der Waals surface area (Å²) >= 11 is 11.1. The Morgan fingerprint density at radius 2 is 1.48 bits per heavy atom. The Bertz CT molecular complexity index is 1870. The molecule has 0 spiro atoms. The summed E-state index contributed by atoms with van der Waals surface area (Å²) in [6.07, 6.45) is 3.47. The minimum atomic E-state index is -3.81. The first-order valence-electron chi connectivity index (χ1n) is 18.8. The maximum absolute atomic E-state index is 13.3. The van der Waals surface area contributed by atoms with Gasteiger partial charge in [0.25, 0.3) is 0 Å². The maximum atomic E-state index is 13.3. The fourth-order valence-electron chi connectivity index (χ4n) is 6.19. The van der Waals surface area contributed by atoms with E-state index in [0.29, 0.717) is 70.3 Å². The minimum absolute atomic E-state index is 0. The van der Waals surface area contributed by atoms with Crippen molar-refractivity contribution in [1.82, 2.24) is 9.62 Å². The predicted octanol–water partition coefficient (Wildman–Crippen LogP) is 9.25. The van der Waals surface area contributed by atoms with Crippen LogP contribution in [0.1, 0.15) is 64.5 Å². The average Bonchev–Trinajstić information content (AvgIpc) is 3.65. The van der Waals surface area contributed by atoms with Gasteiger partial charge in [-0.2, -0.15) is 4.31 Å². The van der Waals surface area contributed by atoms with Crippen molar-refractivity contribution >= 4 is 61.9 Å². The van der Waals surface area contributed by atoms with Crippen LogP contribution in [0.15, 0.2) is 59.5 Å². The SMILES string of the molecule is COCCC(C)(C)OCCC(C)(C)OCCOCc1cc(OC)c(-c2ccc(C[CH-]NC(=O)I=CC3CCCN3S(=O)(=O)c3cc(Cl)cc(Cl)c3)cc2)c(OC)c1.[Co]. The zero-order valence-corrected chi connectivity index (χ0v) is 39.7. The number of halogens is 3. The van der Waals surface area contributed by atoms with E-state index in [1.165, 1.54) is 22.5 Å². The first-order chi connectivity index (χ1) is 27.1. The zero-order chi connectivity index (χ0) is 41.6. The molecule has 0 aliphatic carbocycles. The summed E-state index contributed by atoms with van der Waals surface area (Å²) in [5.74, 6) is 1.33. The summed E-state index contributed by atoms with van der Waals surface area (Å²) in [5.41, 5.74) is 3.06. The van der Waals surface area contributed by atoms with Gasteiger partial charge in [0, 0.05) is 53.1 Å². The Hall–Kier alpha value is -1.83. The molecule has 325 valence electrons. The largest absolute Gasteiger partial charge is 0.497 e. The number of carbonyl (C=O) groups excluding carboxylic acids is 1. The van der Waals surface area contributed by atoms with E-state index in [2.05, 4.69) is 33.0 Å². The number of carbonyl (C=O) groups is 1. The van der Waals surface area contributed by atoms with Crippen LogP contribution in [-0.4, -0.2) is 92.2 Å². The van der Waals surface area contributed by atoms with E-state index in [9.17, 15) is 13.2 Å².